The Labute approximate surface area is 189 Å². The van der Waals surface area contributed by atoms with Crippen LogP contribution in [-0.2, 0) is 11.3 Å². The Morgan fingerprint density at radius 2 is 1.73 bits per heavy atom. The van der Waals surface area contributed by atoms with E-state index in [9.17, 15) is 18.0 Å². The number of hydrogen-bond acceptors (Lipinski definition) is 5. The average Bonchev–Trinajstić information content (AvgIpc) is 2.83. The fourth-order valence-corrected chi connectivity index (χ4v) is 3.86. The Hall–Kier alpha value is -3.62. The number of ether oxygens (including phenoxy) is 1. The van der Waals surface area contributed by atoms with E-state index in [2.05, 4.69) is 24.9 Å². The number of amides is 1. The number of carbonyl (C=O) groups is 1. The molecule has 0 saturated carbocycles. The molecule has 6 nitrogen and oxygen atoms in total. The van der Waals surface area contributed by atoms with Crippen LogP contribution in [-0.4, -0.2) is 35.3 Å². The van der Waals surface area contributed by atoms with Crippen LogP contribution in [0.25, 0.3) is 11.3 Å². The fourth-order valence-electron chi connectivity index (χ4n) is 3.86. The third kappa shape index (κ3) is 6.00. The summed E-state index contributed by atoms with van der Waals surface area (Å²) in [5.74, 6) is 0.107. The number of piperidine rings is 1. The summed E-state index contributed by atoms with van der Waals surface area (Å²) in [5, 5.41) is 2.75. The minimum atomic E-state index is -4.78. The normalized spacial score (nSPS) is 14.7. The minimum absolute atomic E-state index is 0.0301. The SMILES string of the molecule is O=C(NCc1ccccc1OC(F)(F)F)C1CCN(c2cc(-c3ccccc3)ncn2)CC1. The Bertz CT molecular complexity index is 1080. The monoisotopic (exact) mass is 456 g/mol. The maximum Gasteiger partial charge on any atom is 0.573 e. The summed E-state index contributed by atoms with van der Waals surface area (Å²) < 4.78 is 41.8. The standard InChI is InChI=1S/C24H23F3N4O2/c25-24(26,27)33-21-9-5-4-8-19(21)15-28-23(32)18-10-12-31(13-11-18)22-14-20(29-16-30-22)17-6-2-1-3-7-17/h1-9,14,16,18H,10-13,15H2,(H,28,32). The van der Waals surface area contributed by atoms with Crippen molar-refractivity contribution >= 4 is 11.7 Å². The molecule has 0 atom stereocenters. The van der Waals surface area contributed by atoms with Crippen LogP contribution in [0.2, 0.25) is 0 Å². The van der Waals surface area contributed by atoms with E-state index in [1.807, 2.05) is 36.4 Å². The number of benzene rings is 2. The zero-order chi connectivity index (χ0) is 23.3. The van der Waals surface area contributed by atoms with Crippen LogP contribution in [0.1, 0.15) is 18.4 Å². The maximum absolute atomic E-state index is 12.6. The van der Waals surface area contributed by atoms with Gasteiger partial charge in [0.2, 0.25) is 5.91 Å². The highest BCUT2D eigenvalue weighted by Crippen LogP contribution is 2.27. The molecule has 33 heavy (non-hydrogen) atoms. The summed E-state index contributed by atoms with van der Waals surface area (Å²) >= 11 is 0. The van der Waals surface area contributed by atoms with E-state index in [-0.39, 0.29) is 29.7 Å². The third-order valence-electron chi connectivity index (χ3n) is 5.56. The number of aromatic nitrogens is 2. The van der Waals surface area contributed by atoms with E-state index in [1.165, 1.54) is 24.5 Å². The molecule has 0 bridgehead atoms. The van der Waals surface area contributed by atoms with Crippen molar-refractivity contribution in [2.24, 2.45) is 5.92 Å². The van der Waals surface area contributed by atoms with Crippen molar-refractivity contribution in [3.8, 4) is 17.0 Å². The van der Waals surface area contributed by atoms with E-state index in [4.69, 9.17) is 0 Å². The van der Waals surface area contributed by atoms with Gasteiger partial charge in [0.25, 0.3) is 0 Å². The van der Waals surface area contributed by atoms with Gasteiger partial charge in [0.1, 0.15) is 17.9 Å². The summed E-state index contributed by atoms with van der Waals surface area (Å²) in [4.78, 5) is 23.5. The number of para-hydroxylation sites is 1. The lowest BCUT2D eigenvalue weighted by molar-refractivity contribution is -0.274. The lowest BCUT2D eigenvalue weighted by Crippen LogP contribution is -2.40. The second-order valence-corrected chi connectivity index (χ2v) is 7.76. The highest BCUT2D eigenvalue weighted by atomic mass is 19.4. The van der Waals surface area contributed by atoms with Crippen LogP contribution >= 0.6 is 0 Å². The first-order valence-corrected chi connectivity index (χ1v) is 10.6. The van der Waals surface area contributed by atoms with Crippen molar-refractivity contribution in [1.29, 1.82) is 0 Å². The molecule has 2 aromatic carbocycles. The van der Waals surface area contributed by atoms with E-state index < -0.39 is 6.36 Å². The molecule has 9 heteroatoms. The van der Waals surface area contributed by atoms with Gasteiger partial charge in [-0.1, -0.05) is 48.5 Å². The predicted octanol–water partition coefficient (Wildman–Crippen LogP) is 4.58. The van der Waals surface area contributed by atoms with Gasteiger partial charge in [-0.2, -0.15) is 0 Å². The van der Waals surface area contributed by atoms with Gasteiger partial charge in [-0.3, -0.25) is 4.79 Å². The number of anilines is 1. The van der Waals surface area contributed by atoms with Gasteiger partial charge >= 0.3 is 6.36 Å². The highest BCUT2D eigenvalue weighted by Gasteiger charge is 2.32. The molecule has 172 valence electrons. The summed E-state index contributed by atoms with van der Waals surface area (Å²) in [6.45, 7) is 1.27. The van der Waals surface area contributed by atoms with Gasteiger partial charge in [-0.15, -0.1) is 13.2 Å². The Morgan fingerprint density at radius 3 is 2.45 bits per heavy atom. The van der Waals surface area contributed by atoms with E-state index in [1.54, 1.807) is 6.07 Å². The molecule has 0 radical (unpaired) electrons. The quantitative estimate of drug-likeness (QED) is 0.588. The van der Waals surface area contributed by atoms with Gasteiger partial charge in [0, 0.05) is 42.7 Å². The van der Waals surface area contributed by atoms with Crippen molar-refractivity contribution in [1.82, 2.24) is 15.3 Å². The Kier molecular flexibility index (Phi) is 6.76. The molecule has 0 unspecified atom stereocenters. The minimum Gasteiger partial charge on any atom is -0.405 e. The van der Waals surface area contributed by atoms with Crippen LogP contribution in [0.5, 0.6) is 5.75 Å². The zero-order valence-corrected chi connectivity index (χ0v) is 17.8. The number of carbonyl (C=O) groups excluding carboxylic acids is 1. The topological polar surface area (TPSA) is 67.3 Å². The first-order valence-electron chi connectivity index (χ1n) is 10.6. The molecule has 0 aliphatic carbocycles. The van der Waals surface area contributed by atoms with Gasteiger partial charge in [-0.25, -0.2) is 9.97 Å². The molecular weight excluding hydrogens is 433 g/mol. The maximum atomic E-state index is 12.6. The summed E-state index contributed by atoms with van der Waals surface area (Å²) in [6.07, 6.45) is -2.00. The van der Waals surface area contributed by atoms with Gasteiger partial charge in [0.05, 0.1) is 5.69 Å². The fraction of sp³-hybridized carbons (Fsp3) is 0.292. The van der Waals surface area contributed by atoms with Crippen LogP contribution < -0.4 is 15.0 Å². The molecule has 1 aliphatic rings. The first-order chi connectivity index (χ1) is 15.9. The second-order valence-electron chi connectivity index (χ2n) is 7.76. The van der Waals surface area contributed by atoms with Crippen LogP contribution in [0, 0.1) is 5.92 Å². The lowest BCUT2D eigenvalue weighted by atomic mass is 9.95. The number of nitrogens with zero attached hydrogens (tertiary/aromatic N) is 3. The third-order valence-corrected chi connectivity index (χ3v) is 5.56. The lowest BCUT2D eigenvalue weighted by Gasteiger charge is -2.32. The van der Waals surface area contributed by atoms with Gasteiger partial charge < -0.3 is 15.0 Å². The number of rotatable bonds is 6. The Morgan fingerprint density at radius 1 is 1.03 bits per heavy atom. The van der Waals surface area contributed by atoms with Crippen molar-refractivity contribution in [2.45, 2.75) is 25.7 Å². The highest BCUT2D eigenvalue weighted by molar-refractivity contribution is 5.79. The smallest absolute Gasteiger partial charge is 0.405 e. The molecule has 1 aromatic heterocycles. The number of halogens is 3. The number of nitrogens with one attached hydrogen (secondary N) is 1. The molecule has 0 spiro atoms. The van der Waals surface area contributed by atoms with E-state index in [0.717, 1.165) is 17.1 Å². The van der Waals surface area contributed by atoms with Crippen molar-refractivity contribution in [3.63, 3.8) is 0 Å². The van der Waals surface area contributed by atoms with Crippen molar-refractivity contribution < 1.29 is 22.7 Å². The molecule has 1 saturated heterocycles. The largest absolute Gasteiger partial charge is 0.573 e. The molecule has 2 heterocycles. The summed E-state index contributed by atoms with van der Waals surface area (Å²) in [5.41, 5.74) is 2.11. The van der Waals surface area contributed by atoms with E-state index in [0.29, 0.717) is 25.9 Å². The predicted molar refractivity (Wildman–Crippen MR) is 117 cm³/mol. The zero-order valence-electron chi connectivity index (χ0n) is 17.8. The molecular formula is C24H23F3N4O2. The van der Waals surface area contributed by atoms with Gasteiger partial charge in [0.15, 0.2) is 0 Å². The molecule has 1 aliphatic heterocycles. The molecule has 1 N–H and O–H groups in total. The van der Waals surface area contributed by atoms with Gasteiger partial charge in [-0.05, 0) is 18.9 Å². The van der Waals surface area contributed by atoms with Crippen LogP contribution in [0.3, 0.4) is 0 Å². The molecule has 4 rings (SSSR count). The first kappa shape index (κ1) is 22.6. The van der Waals surface area contributed by atoms with E-state index >= 15 is 0 Å². The summed E-state index contributed by atoms with van der Waals surface area (Å²) in [7, 11) is 0. The Balaban J connectivity index is 1.32. The molecule has 3 aromatic rings. The van der Waals surface area contributed by atoms with Crippen molar-refractivity contribution in [3.05, 3.63) is 72.6 Å². The van der Waals surface area contributed by atoms with Crippen LogP contribution in [0.15, 0.2) is 67.0 Å². The van der Waals surface area contributed by atoms with Crippen molar-refractivity contribution in [2.75, 3.05) is 18.0 Å². The molecule has 1 amide bonds. The second kappa shape index (κ2) is 9.89. The van der Waals surface area contributed by atoms with Crippen LogP contribution in [0.4, 0.5) is 19.0 Å². The number of hydrogen-bond donors (Lipinski definition) is 1. The number of alkyl halides is 3. The molecule has 1 fully saturated rings. The summed E-state index contributed by atoms with van der Waals surface area (Å²) in [6, 6.07) is 17.6. The average molecular weight is 456 g/mol.